The number of hydrogen-bond acceptors (Lipinski definition) is 5. The highest BCUT2D eigenvalue weighted by atomic mass is 32.2. The van der Waals surface area contributed by atoms with E-state index < -0.39 is 6.17 Å². The Hall–Kier alpha value is -1.37. The number of anilines is 1. The van der Waals surface area contributed by atoms with E-state index in [9.17, 15) is 4.39 Å². The number of alkyl halides is 1. The first kappa shape index (κ1) is 10.8. The van der Waals surface area contributed by atoms with Gasteiger partial charge in [-0.3, -0.25) is 4.40 Å². The Kier molecular flexibility index (Phi) is 2.62. The normalized spacial score (nSPS) is 20.4. The van der Waals surface area contributed by atoms with Gasteiger partial charge in [0.05, 0.1) is 6.54 Å². The van der Waals surface area contributed by atoms with E-state index in [0.717, 1.165) is 10.8 Å². The zero-order valence-electron chi connectivity index (χ0n) is 9.38. The lowest BCUT2D eigenvalue weighted by Crippen LogP contribution is -2.22. The van der Waals surface area contributed by atoms with Gasteiger partial charge in [-0.25, -0.2) is 9.37 Å². The Labute approximate surface area is 102 Å². The molecule has 2 aromatic heterocycles. The van der Waals surface area contributed by atoms with Gasteiger partial charge in [0.25, 0.3) is 0 Å². The first-order valence-corrected chi connectivity index (χ1v) is 6.65. The molecule has 0 radical (unpaired) electrons. The first-order chi connectivity index (χ1) is 8.29. The van der Waals surface area contributed by atoms with Crippen LogP contribution in [0.4, 0.5) is 10.2 Å². The Bertz CT molecular complexity index is 542. The van der Waals surface area contributed by atoms with Gasteiger partial charge in [0.2, 0.25) is 0 Å². The van der Waals surface area contributed by atoms with Crippen molar-refractivity contribution >= 4 is 23.2 Å². The average Bonchev–Trinajstić information content (AvgIpc) is 2.96. The number of rotatable bonds is 2. The molecule has 17 heavy (non-hydrogen) atoms. The minimum atomic E-state index is -0.771. The number of imidazole rings is 1. The predicted octanol–water partition coefficient (Wildman–Crippen LogP) is 1.39. The molecular weight excluding hydrogens is 241 g/mol. The molecule has 7 heteroatoms. The fourth-order valence-corrected chi connectivity index (χ4v) is 2.53. The summed E-state index contributed by atoms with van der Waals surface area (Å²) in [6, 6.07) is 0. The molecule has 0 aliphatic carbocycles. The summed E-state index contributed by atoms with van der Waals surface area (Å²) in [6.07, 6.45) is 5.29. The van der Waals surface area contributed by atoms with Crippen molar-refractivity contribution in [2.45, 2.75) is 17.7 Å². The second-order valence-corrected chi connectivity index (χ2v) is 4.74. The number of hydrogen-bond donors (Lipinski definition) is 0. The molecule has 1 saturated heterocycles. The van der Waals surface area contributed by atoms with Crippen molar-refractivity contribution in [3.63, 3.8) is 0 Å². The maximum absolute atomic E-state index is 13.2. The molecule has 1 aliphatic heterocycles. The molecule has 0 N–H and O–H groups in total. The van der Waals surface area contributed by atoms with Crippen LogP contribution in [-0.4, -0.2) is 45.1 Å². The van der Waals surface area contributed by atoms with E-state index in [2.05, 4.69) is 15.2 Å². The Morgan fingerprint density at radius 2 is 2.35 bits per heavy atom. The topological polar surface area (TPSA) is 46.3 Å². The van der Waals surface area contributed by atoms with Crippen molar-refractivity contribution in [1.29, 1.82) is 0 Å². The van der Waals surface area contributed by atoms with Crippen molar-refractivity contribution in [3.8, 4) is 0 Å². The fourth-order valence-electron chi connectivity index (χ4n) is 2.06. The summed E-state index contributed by atoms with van der Waals surface area (Å²) in [6.45, 7) is 1.06. The van der Waals surface area contributed by atoms with Crippen molar-refractivity contribution in [1.82, 2.24) is 19.6 Å². The van der Waals surface area contributed by atoms with Crippen LogP contribution in [-0.2, 0) is 0 Å². The molecule has 0 aromatic carbocycles. The standard InChI is InChI=1S/C10H12FN5S/c1-17-10-14-13-9(8-12-3-5-16(8)10)15-4-2-7(11)6-15/h3,5,7H,2,4,6H2,1H3/t7-/m0/s1. The third-order valence-corrected chi connectivity index (χ3v) is 3.53. The highest BCUT2D eigenvalue weighted by molar-refractivity contribution is 7.98. The van der Waals surface area contributed by atoms with Crippen LogP contribution in [0.15, 0.2) is 17.6 Å². The molecule has 0 bridgehead atoms. The number of halogens is 1. The zero-order valence-corrected chi connectivity index (χ0v) is 10.2. The third-order valence-electron chi connectivity index (χ3n) is 2.89. The molecule has 0 unspecified atom stereocenters. The highest BCUT2D eigenvalue weighted by Crippen LogP contribution is 2.25. The lowest BCUT2D eigenvalue weighted by molar-refractivity contribution is 0.364. The summed E-state index contributed by atoms with van der Waals surface area (Å²) >= 11 is 1.51. The summed E-state index contributed by atoms with van der Waals surface area (Å²) in [5.74, 6) is 0.674. The van der Waals surface area contributed by atoms with E-state index in [-0.39, 0.29) is 0 Å². The number of nitrogens with zero attached hydrogens (tertiary/aromatic N) is 5. The first-order valence-electron chi connectivity index (χ1n) is 5.42. The van der Waals surface area contributed by atoms with Gasteiger partial charge in [0, 0.05) is 18.9 Å². The van der Waals surface area contributed by atoms with E-state index in [0.29, 0.717) is 25.3 Å². The molecule has 2 aromatic rings. The number of fused-ring (bicyclic) bond motifs is 1. The molecule has 0 spiro atoms. The predicted molar refractivity (Wildman–Crippen MR) is 64.3 cm³/mol. The molecule has 0 saturated carbocycles. The molecule has 5 nitrogen and oxygen atoms in total. The van der Waals surface area contributed by atoms with Crippen LogP contribution in [0.1, 0.15) is 6.42 Å². The Morgan fingerprint density at radius 3 is 3.06 bits per heavy atom. The van der Waals surface area contributed by atoms with Crippen molar-refractivity contribution in [3.05, 3.63) is 12.4 Å². The van der Waals surface area contributed by atoms with E-state index >= 15 is 0 Å². The summed E-state index contributed by atoms with van der Waals surface area (Å²) < 4.78 is 15.1. The summed E-state index contributed by atoms with van der Waals surface area (Å²) in [7, 11) is 0. The van der Waals surface area contributed by atoms with Gasteiger partial charge in [-0.2, -0.15) is 0 Å². The molecule has 1 fully saturated rings. The van der Waals surface area contributed by atoms with Gasteiger partial charge in [-0.1, -0.05) is 11.8 Å². The zero-order chi connectivity index (χ0) is 11.8. The van der Waals surface area contributed by atoms with Gasteiger partial charge >= 0.3 is 0 Å². The van der Waals surface area contributed by atoms with Crippen LogP contribution < -0.4 is 4.90 Å². The van der Waals surface area contributed by atoms with Crippen molar-refractivity contribution < 1.29 is 4.39 Å². The van der Waals surface area contributed by atoms with Crippen LogP contribution in [0.5, 0.6) is 0 Å². The van der Waals surface area contributed by atoms with E-state index in [1.165, 1.54) is 11.8 Å². The molecule has 1 aliphatic rings. The highest BCUT2D eigenvalue weighted by Gasteiger charge is 2.25. The maximum atomic E-state index is 13.2. The minimum Gasteiger partial charge on any atom is -0.349 e. The van der Waals surface area contributed by atoms with Crippen LogP contribution in [0.3, 0.4) is 0 Å². The van der Waals surface area contributed by atoms with Gasteiger partial charge in [0.15, 0.2) is 16.6 Å². The number of thioether (sulfide) groups is 1. The van der Waals surface area contributed by atoms with Crippen LogP contribution in [0.25, 0.3) is 5.65 Å². The fraction of sp³-hybridized carbons (Fsp3) is 0.500. The van der Waals surface area contributed by atoms with Gasteiger partial charge in [-0.05, 0) is 12.7 Å². The van der Waals surface area contributed by atoms with Crippen LogP contribution >= 0.6 is 11.8 Å². The van der Waals surface area contributed by atoms with E-state index in [1.54, 1.807) is 6.20 Å². The molecule has 3 rings (SSSR count). The Balaban J connectivity index is 2.08. The quantitative estimate of drug-likeness (QED) is 0.757. The van der Waals surface area contributed by atoms with Gasteiger partial charge in [0.1, 0.15) is 6.17 Å². The molecule has 90 valence electrons. The largest absolute Gasteiger partial charge is 0.349 e. The summed E-state index contributed by atoms with van der Waals surface area (Å²) in [4.78, 5) is 6.19. The van der Waals surface area contributed by atoms with E-state index in [1.807, 2.05) is 21.8 Å². The smallest absolute Gasteiger partial charge is 0.195 e. The minimum absolute atomic E-state index is 0.385. The monoisotopic (exact) mass is 253 g/mol. The second kappa shape index (κ2) is 4.14. The van der Waals surface area contributed by atoms with Crippen LogP contribution in [0.2, 0.25) is 0 Å². The Morgan fingerprint density at radius 1 is 1.47 bits per heavy atom. The lowest BCUT2D eigenvalue weighted by Gasteiger charge is -2.16. The third kappa shape index (κ3) is 1.74. The van der Waals surface area contributed by atoms with Crippen molar-refractivity contribution in [2.24, 2.45) is 0 Å². The van der Waals surface area contributed by atoms with Crippen LogP contribution in [0, 0.1) is 0 Å². The number of aromatic nitrogens is 4. The average molecular weight is 253 g/mol. The molecular formula is C10H12FN5S. The molecule has 3 heterocycles. The van der Waals surface area contributed by atoms with Gasteiger partial charge in [-0.15, -0.1) is 10.2 Å². The second-order valence-electron chi connectivity index (χ2n) is 3.96. The molecule has 1 atom stereocenters. The van der Waals surface area contributed by atoms with Crippen molar-refractivity contribution in [2.75, 3.05) is 24.2 Å². The molecule has 0 amide bonds. The SMILES string of the molecule is CSc1nnc(N2CC[C@H](F)C2)c2nccn12. The lowest BCUT2D eigenvalue weighted by atomic mass is 10.3. The van der Waals surface area contributed by atoms with Gasteiger partial charge < -0.3 is 4.90 Å². The van der Waals surface area contributed by atoms with E-state index in [4.69, 9.17) is 0 Å². The maximum Gasteiger partial charge on any atom is 0.195 e. The summed E-state index contributed by atoms with van der Waals surface area (Å²) in [5.41, 5.74) is 0.749. The summed E-state index contributed by atoms with van der Waals surface area (Å²) in [5, 5.41) is 9.10.